The number of methoxy groups -OCH3 is 1. The average Bonchev–Trinajstić information content (AvgIpc) is 3.65. The molecule has 0 saturated carbocycles. The Balaban J connectivity index is 1.31. The zero-order valence-corrected chi connectivity index (χ0v) is 18.7. The van der Waals surface area contributed by atoms with E-state index >= 15 is 0 Å². The maximum absolute atomic E-state index is 13.3. The highest BCUT2D eigenvalue weighted by Crippen LogP contribution is 2.34. The van der Waals surface area contributed by atoms with Crippen LogP contribution < -0.4 is 15.4 Å². The number of anilines is 1. The van der Waals surface area contributed by atoms with Gasteiger partial charge in [0.2, 0.25) is 5.91 Å². The largest absolute Gasteiger partial charge is 0.497 e. The first kappa shape index (κ1) is 22.4. The van der Waals surface area contributed by atoms with Crippen LogP contribution in [0.2, 0.25) is 0 Å². The highest BCUT2D eigenvalue weighted by atomic mass is 16.6. The zero-order valence-electron chi connectivity index (χ0n) is 18.7. The molecule has 0 spiro atoms. The minimum atomic E-state index is -1.09. The van der Waals surface area contributed by atoms with Crippen molar-refractivity contribution < 1.29 is 24.5 Å². The third kappa shape index (κ3) is 4.62. The molecule has 4 N–H and O–H groups in total. The van der Waals surface area contributed by atoms with Crippen LogP contribution >= 0.6 is 0 Å². The second-order valence-electron chi connectivity index (χ2n) is 8.41. The van der Waals surface area contributed by atoms with E-state index in [0.717, 1.165) is 22.6 Å². The number of nitrogens with zero attached hydrogens (tertiary/aromatic N) is 1. The predicted octanol–water partition coefficient (Wildman–Crippen LogP) is 2.31. The van der Waals surface area contributed by atoms with Crippen LogP contribution in [0.4, 0.5) is 5.69 Å². The third-order valence-corrected chi connectivity index (χ3v) is 6.09. The molecule has 176 valence electrons. The summed E-state index contributed by atoms with van der Waals surface area (Å²) in [6.07, 6.45) is -2.90. The van der Waals surface area contributed by atoms with E-state index in [0.29, 0.717) is 5.56 Å². The molecule has 34 heavy (non-hydrogen) atoms. The molecule has 8 heteroatoms. The lowest BCUT2D eigenvalue weighted by Crippen LogP contribution is -2.59. The molecular formula is C26H27N3O5. The number of aliphatic hydroxyl groups excluding tert-OH is 2. The first-order chi connectivity index (χ1) is 16.5. The molecular weight excluding hydrogens is 434 g/mol. The number of amides is 1. The number of hydrogen-bond donors (Lipinski definition) is 4. The minimum absolute atomic E-state index is 0.0314. The quantitative estimate of drug-likeness (QED) is 0.301. The molecule has 1 amide bonds. The number of piperazine rings is 1. The lowest BCUT2D eigenvalue weighted by Gasteiger charge is -2.34. The fraction of sp³-hybridized carbons (Fsp3) is 0.269. The standard InChI is InChI=1S/C26H27N3O5/c1-33-20-12-6-8-17(14-20)16-7-5-9-18(13-16)23(31)22-25(32)29(26-24(28-22)34-26)15-21(30)27-19-10-3-2-4-11-19/h2-14,21-24,26-28,30-31H,15H2,1H3. The van der Waals surface area contributed by atoms with Crippen LogP contribution in [0.5, 0.6) is 5.75 Å². The zero-order chi connectivity index (χ0) is 23.7. The molecule has 3 aromatic rings. The molecule has 2 fully saturated rings. The Kier molecular flexibility index (Phi) is 6.21. The number of rotatable bonds is 8. The Bertz CT molecular complexity index is 1160. The van der Waals surface area contributed by atoms with Crippen LogP contribution in [0, 0.1) is 0 Å². The van der Waals surface area contributed by atoms with Gasteiger partial charge in [-0.1, -0.05) is 48.5 Å². The summed E-state index contributed by atoms with van der Waals surface area (Å²) in [5.74, 6) is 0.412. The molecule has 8 nitrogen and oxygen atoms in total. The number of epoxide rings is 1. The Morgan fingerprint density at radius 2 is 1.76 bits per heavy atom. The summed E-state index contributed by atoms with van der Waals surface area (Å²) in [5.41, 5.74) is 3.20. The molecule has 0 aliphatic carbocycles. The molecule has 0 aromatic heterocycles. The van der Waals surface area contributed by atoms with Gasteiger partial charge in [-0.2, -0.15) is 0 Å². The number of hydrogen-bond acceptors (Lipinski definition) is 7. The van der Waals surface area contributed by atoms with E-state index in [2.05, 4.69) is 10.6 Å². The van der Waals surface area contributed by atoms with Gasteiger partial charge in [0, 0.05) is 5.69 Å². The van der Waals surface area contributed by atoms with E-state index in [1.165, 1.54) is 4.90 Å². The number of benzene rings is 3. The van der Waals surface area contributed by atoms with Crippen LogP contribution in [0.25, 0.3) is 11.1 Å². The van der Waals surface area contributed by atoms with Gasteiger partial charge in [0.05, 0.1) is 13.7 Å². The minimum Gasteiger partial charge on any atom is -0.497 e. The molecule has 2 aliphatic rings. The van der Waals surface area contributed by atoms with Gasteiger partial charge in [0.15, 0.2) is 12.5 Å². The van der Waals surface area contributed by atoms with Crippen molar-refractivity contribution in [3.8, 4) is 16.9 Å². The second kappa shape index (κ2) is 9.44. The molecule has 0 radical (unpaired) electrons. The molecule has 5 rings (SSSR count). The number of β-amino-alcohol motifs (C(OH)–C–C–N with tert-alkyl or cyclic N) is 1. The molecule has 0 bridgehead atoms. The SMILES string of the molecule is COc1cccc(-c2cccc(C(O)C3NC4OC4N(CC(O)Nc4ccccc4)C3=O)c2)c1. The van der Waals surface area contributed by atoms with Gasteiger partial charge in [-0.3, -0.25) is 10.1 Å². The normalized spacial score (nSPS) is 23.1. The lowest BCUT2D eigenvalue weighted by molar-refractivity contribution is -0.141. The number of carbonyl (C=O) groups excluding carboxylic acids is 1. The highest BCUT2D eigenvalue weighted by molar-refractivity contribution is 5.84. The van der Waals surface area contributed by atoms with E-state index in [-0.39, 0.29) is 18.7 Å². The third-order valence-electron chi connectivity index (χ3n) is 6.09. The van der Waals surface area contributed by atoms with Gasteiger partial charge in [-0.25, -0.2) is 0 Å². The summed E-state index contributed by atoms with van der Waals surface area (Å²) in [7, 11) is 1.62. The first-order valence-electron chi connectivity index (χ1n) is 11.2. The monoisotopic (exact) mass is 461 g/mol. The number of carbonyl (C=O) groups is 1. The van der Waals surface area contributed by atoms with Gasteiger partial charge >= 0.3 is 0 Å². The maximum atomic E-state index is 13.3. The van der Waals surface area contributed by atoms with Crippen molar-refractivity contribution in [2.45, 2.75) is 30.8 Å². The van der Waals surface area contributed by atoms with Crippen molar-refractivity contribution in [2.24, 2.45) is 0 Å². The van der Waals surface area contributed by atoms with Crippen LogP contribution in [0.3, 0.4) is 0 Å². The van der Waals surface area contributed by atoms with Crippen LogP contribution in [0.1, 0.15) is 11.7 Å². The van der Waals surface area contributed by atoms with Crippen molar-refractivity contribution in [1.29, 1.82) is 0 Å². The summed E-state index contributed by atoms with van der Waals surface area (Å²) in [6, 6.07) is 23.5. The molecule has 2 saturated heterocycles. The Labute approximate surface area is 197 Å². The topological polar surface area (TPSA) is 107 Å². The van der Waals surface area contributed by atoms with E-state index < -0.39 is 24.6 Å². The van der Waals surface area contributed by atoms with Gasteiger partial charge in [0.25, 0.3) is 0 Å². The van der Waals surface area contributed by atoms with Crippen LogP contribution in [0.15, 0.2) is 78.9 Å². The fourth-order valence-electron chi connectivity index (χ4n) is 4.29. The van der Waals surface area contributed by atoms with Crippen molar-refractivity contribution in [2.75, 3.05) is 19.0 Å². The highest BCUT2D eigenvalue weighted by Gasteiger charge is 2.55. The number of fused-ring (bicyclic) bond motifs is 1. The molecule has 5 atom stereocenters. The van der Waals surface area contributed by atoms with Crippen LogP contribution in [-0.4, -0.2) is 59.4 Å². The summed E-state index contributed by atoms with van der Waals surface area (Å²) in [4.78, 5) is 14.7. The lowest BCUT2D eigenvalue weighted by atomic mass is 9.95. The summed E-state index contributed by atoms with van der Waals surface area (Å²) < 4.78 is 10.9. The summed E-state index contributed by atoms with van der Waals surface area (Å²) >= 11 is 0. The molecule has 2 aliphatic heterocycles. The van der Waals surface area contributed by atoms with Gasteiger partial charge in [0.1, 0.15) is 24.1 Å². The van der Waals surface area contributed by atoms with E-state index in [1.807, 2.05) is 72.8 Å². The van der Waals surface area contributed by atoms with Crippen molar-refractivity contribution in [3.63, 3.8) is 0 Å². The molecule has 3 aromatic carbocycles. The van der Waals surface area contributed by atoms with Gasteiger partial charge in [-0.15, -0.1) is 0 Å². The first-order valence-corrected chi connectivity index (χ1v) is 11.2. The Morgan fingerprint density at radius 1 is 1.03 bits per heavy atom. The van der Waals surface area contributed by atoms with E-state index in [9.17, 15) is 15.0 Å². The van der Waals surface area contributed by atoms with Gasteiger partial charge < -0.3 is 29.9 Å². The van der Waals surface area contributed by atoms with Crippen molar-refractivity contribution in [3.05, 3.63) is 84.4 Å². The second-order valence-corrected chi connectivity index (χ2v) is 8.41. The number of ether oxygens (including phenoxy) is 2. The summed E-state index contributed by atoms with van der Waals surface area (Å²) in [5, 5.41) is 27.7. The Hall–Kier alpha value is -3.43. The number of nitrogens with one attached hydrogen (secondary N) is 2. The van der Waals surface area contributed by atoms with Crippen molar-refractivity contribution >= 4 is 11.6 Å². The van der Waals surface area contributed by atoms with Crippen molar-refractivity contribution in [1.82, 2.24) is 10.2 Å². The van der Waals surface area contributed by atoms with E-state index in [1.54, 1.807) is 13.2 Å². The predicted molar refractivity (Wildman–Crippen MR) is 127 cm³/mol. The fourth-order valence-corrected chi connectivity index (χ4v) is 4.29. The smallest absolute Gasteiger partial charge is 0.245 e. The average molecular weight is 462 g/mol. The number of para-hydroxylation sites is 1. The Morgan fingerprint density at radius 3 is 2.53 bits per heavy atom. The van der Waals surface area contributed by atoms with Gasteiger partial charge in [-0.05, 0) is 47.0 Å². The number of aliphatic hydroxyl groups is 2. The molecule has 2 heterocycles. The van der Waals surface area contributed by atoms with Crippen LogP contribution in [-0.2, 0) is 9.53 Å². The maximum Gasteiger partial charge on any atom is 0.245 e. The summed E-state index contributed by atoms with van der Waals surface area (Å²) in [6.45, 7) is 0.0314. The van der Waals surface area contributed by atoms with E-state index in [4.69, 9.17) is 9.47 Å². The molecule has 5 unspecified atom stereocenters.